The van der Waals surface area contributed by atoms with E-state index in [9.17, 15) is 9.59 Å². The lowest BCUT2D eigenvalue weighted by Gasteiger charge is -2.24. The van der Waals surface area contributed by atoms with Crippen LogP contribution in [0.15, 0.2) is 5.10 Å². The average molecular weight is 298 g/mol. The molecule has 7 nitrogen and oxygen atoms in total. The van der Waals surface area contributed by atoms with Gasteiger partial charge in [0.1, 0.15) is 11.8 Å². The summed E-state index contributed by atoms with van der Waals surface area (Å²) in [7, 11) is 1.62. The molecule has 1 heterocycles. The van der Waals surface area contributed by atoms with Crippen LogP contribution in [0.3, 0.4) is 0 Å². The molecule has 2 amide bonds. The Bertz CT molecular complexity index is 428. The van der Waals surface area contributed by atoms with Crippen molar-refractivity contribution in [2.24, 2.45) is 10.8 Å². The Morgan fingerprint density at radius 2 is 2.14 bits per heavy atom. The highest BCUT2D eigenvalue weighted by molar-refractivity contribution is 6.06. The summed E-state index contributed by atoms with van der Waals surface area (Å²) in [5.41, 5.74) is 5.99. The van der Waals surface area contributed by atoms with Gasteiger partial charge in [-0.3, -0.25) is 4.79 Å². The van der Waals surface area contributed by atoms with Crippen molar-refractivity contribution in [2.75, 3.05) is 13.6 Å². The Morgan fingerprint density at radius 1 is 1.52 bits per heavy atom. The summed E-state index contributed by atoms with van der Waals surface area (Å²) < 4.78 is 5.26. The molecule has 0 aromatic carbocycles. The van der Waals surface area contributed by atoms with Crippen LogP contribution in [0, 0.1) is 0 Å². The van der Waals surface area contributed by atoms with E-state index in [0.29, 0.717) is 12.1 Å². The van der Waals surface area contributed by atoms with E-state index in [0.717, 1.165) is 6.42 Å². The number of hydrazone groups is 1. The van der Waals surface area contributed by atoms with Crippen LogP contribution >= 0.6 is 0 Å². The van der Waals surface area contributed by atoms with Crippen molar-refractivity contribution < 1.29 is 14.3 Å². The number of rotatable bonds is 5. The second-order valence-electron chi connectivity index (χ2n) is 6.27. The molecular formula is C14H26N4O3. The number of ether oxygens (including phenoxy) is 1. The zero-order valence-electron chi connectivity index (χ0n) is 13.5. The second kappa shape index (κ2) is 6.89. The highest BCUT2D eigenvalue weighted by Crippen LogP contribution is 2.14. The van der Waals surface area contributed by atoms with E-state index < -0.39 is 17.9 Å². The minimum absolute atomic E-state index is 0.122. The fraction of sp³-hybridized carbons (Fsp3) is 0.786. The molecule has 1 aliphatic heterocycles. The quantitative estimate of drug-likeness (QED) is 0.833. The first-order chi connectivity index (χ1) is 9.64. The van der Waals surface area contributed by atoms with Crippen LogP contribution in [-0.4, -0.2) is 53.0 Å². The Balaban J connectivity index is 2.61. The molecule has 2 N–H and O–H groups in total. The van der Waals surface area contributed by atoms with Gasteiger partial charge >= 0.3 is 6.09 Å². The molecule has 0 saturated heterocycles. The van der Waals surface area contributed by atoms with Crippen LogP contribution in [0.4, 0.5) is 4.79 Å². The normalized spacial score (nSPS) is 16.8. The van der Waals surface area contributed by atoms with Crippen molar-refractivity contribution in [3.05, 3.63) is 0 Å². The van der Waals surface area contributed by atoms with E-state index in [1.165, 1.54) is 9.91 Å². The third kappa shape index (κ3) is 5.34. The first-order valence-corrected chi connectivity index (χ1v) is 7.22. The van der Waals surface area contributed by atoms with Gasteiger partial charge in [0.2, 0.25) is 5.91 Å². The minimum Gasteiger partial charge on any atom is -0.444 e. The maximum absolute atomic E-state index is 11.9. The average Bonchev–Trinajstić information content (AvgIpc) is 2.68. The van der Waals surface area contributed by atoms with Gasteiger partial charge in [0.05, 0.1) is 18.7 Å². The zero-order valence-corrected chi connectivity index (χ0v) is 13.5. The van der Waals surface area contributed by atoms with Crippen molar-refractivity contribution in [3.63, 3.8) is 0 Å². The lowest BCUT2D eigenvalue weighted by molar-refractivity contribution is -0.130. The molecule has 0 bridgehead atoms. The van der Waals surface area contributed by atoms with E-state index in [1.807, 2.05) is 6.92 Å². The van der Waals surface area contributed by atoms with Crippen molar-refractivity contribution in [1.82, 2.24) is 9.91 Å². The Kier molecular flexibility index (Phi) is 5.71. The Morgan fingerprint density at radius 3 is 2.67 bits per heavy atom. The molecule has 0 aromatic rings. The van der Waals surface area contributed by atoms with E-state index >= 15 is 0 Å². The Labute approximate surface area is 126 Å². The topological polar surface area (TPSA) is 88.2 Å². The van der Waals surface area contributed by atoms with Crippen LogP contribution in [-0.2, 0) is 9.53 Å². The third-order valence-corrected chi connectivity index (χ3v) is 2.88. The number of hydrogen-bond acceptors (Lipinski definition) is 5. The van der Waals surface area contributed by atoms with Gasteiger partial charge in [0.25, 0.3) is 0 Å². The molecule has 7 heteroatoms. The highest BCUT2D eigenvalue weighted by Gasteiger charge is 2.29. The molecule has 0 aromatic heterocycles. The molecule has 21 heavy (non-hydrogen) atoms. The molecule has 0 aliphatic carbocycles. The second-order valence-corrected chi connectivity index (χ2v) is 6.27. The lowest BCUT2D eigenvalue weighted by atomic mass is 10.2. The molecule has 0 radical (unpaired) electrons. The monoisotopic (exact) mass is 298 g/mol. The van der Waals surface area contributed by atoms with Crippen LogP contribution in [0.5, 0.6) is 0 Å². The molecule has 0 fully saturated rings. The summed E-state index contributed by atoms with van der Waals surface area (Å²) in [5, 5.41) is 5.55. The molecular weight excluding hydrogens is 272 g/mol. The van der Waals surface area contributed by atoms with Crippen LogP contribution < -0.4 is 5.73 Å². The van der Waals surface area contributed by atoms with Gasteiger partial charge in [-0.05, 0) is 27.2 Å². The van der Waals surface area contributed by atoms with E-state index in [-0.39, 0.29) is 18.9 Å². The first-order valence-electron chi connectivity index (χ1n) is 7.22. The number of nitrogens with zero attached hydrogens (tertiary/aromatic N) is 3. The summed E-state index contributed by atoms with van der Waals surface area (Å²) in [6, 6.07) is 0. The molecule has 1 rings (SSSR count). The number of amides is 2. The summed E-state index contributed by atoms with van der Waals surface area (Å²) in [4.78, 5) is 25.2. The summed E-state index contributed by atoms with van der Waals surface area (Å²) in [6.45, 7) is 7.68. The van der Waals surface area contributed by atoms with Crippen LogP contribution in [0.2, 0.25) is 0 Å². The molecule has 1 atom stereocenters. The van der Waals surface area contributed by atoms with Gasteiger partial charge in [-0.1, -0.05) is 13.3 Å². The van der Waals surface area contributed by atoms with E-state index in [2.05, 4.69) is 5.10 Å². The van der Waals surface area contributed by atoms with Gasteiger partial charge in [-0.15, -0.1) is 0 Å². The standard InChI is InChI=1S/C14H26N4O3/c1-6-7-11(15)18-12(19)8-10(16-18)9-17(5)13(20)21-14(2,3)4/h11H,6-9,15H2,1-5H3. The predicted molar refractivity (Wildman–Crippen MR) is 80.6 cm³/mol. The SMILES string of the molecule is CCCC(N)N1N=C(CN(C)C(=O)OC(C)(C)C)CC1=O. The fourth-order valence-corrected chi connectivity index (χ4v) is 1.94. The molecule has 0 saturated carbocycles. The predicted octanol–water partition coefficient (Wildman–Crippen LogP) is 1.53. The van der Waals surface area contributed by atoms with Crippen molar-refractivity contribution in [2.45, 2.75) is 58.7 Å². The lowest BCUT2D eigenvalue weighted by Crippen LogP contribution is -2.39. The van der Waals surface area contributed by atoms with Gasteiger partial charge in [-0.2, -0.15) is 5.10 Å². The maximum atomic E-state index is 11.9. The highest BCUT2D eigenvalue weighted by atomic mass is 16.6. The Hall–Kier alpha value is -1.63. The maximum Gasteiger partial charge on any atom is 0.410 e. The molecule has 120 valence electrons. The fourth-order valence-electron chi connectivity index (χ4n) is 1.94. The molecule has 1 unspecified atom stereocenters. The zero-order chi connectivity index (χ0) is 16.2. The third-order valence-electron chi connectivity index (χ3n) is 2.88. The minimum atomic E-state index is -0.547. The summed E-state index contributed by atoms with van der Waals surface area (Å²) >= 11 is 0. The van der Waals surface area contributed by atoms with Crippen LogP contribution in [0.1, 0.15) is 47.0 Å². The smallest absolute Gasteiger partial charge is 0.410 e. The van der Waals surface area contributed by atoms with Crippen molar-refractivity contribution in [3.8, 4) is 0 Å². The van der Waals surface area contributed by atoms with Gasteiger partial charge in [0.15, 0.2) is 0 Å². The number of carbonyl (C=O) groups excluding carboxylic acids is 2. The van der Waals surface area contributed by atoms with Gasteiger partial charge in [0, 0.05) is 7.05 Å². The van der Waals surface area contributed by atoms with Gasteiger partial charge in [-0.25, -0.2) is 9.80 Å². The summed E-state index contributed by atoms with van der Waals surface area (Å²) in [5.74, 6) is -0.122. The molecule has 0 spiro atoms. The van der Waals surface area contributed by atoms with Crippen molar-refractivity contribution in [1.29, 1.82) is 0 Å². The van der Waals surface area contributed by atoms with E-state index in [4.69, 9.17) is 10.5 Å². The van der Waals surface area contributed by atoms with Crippen molar-refractivity contribution >= 4 is 17.7 Å². The van der Waals surface area contributed by atoms with Gasteiger partial charge < -0.3 is 15.4 Å². The summed E-state index contributed by atoms with van der Waals surface area (Å²) in [6.07, 6.45) is 0.948. The van der Waals surface area contributed by atoms with E-state index in [1.54, 1.807) is 27.8 Å². The first kappa shape index (κ1) is 17.4. The number of hydrogen-bond donors (Lipinski definition) is 1. The molecule has 1 aliphatic rings. The number of nitrogens with two attached hydrogens (primary N) is 1. The number of carbonyl (C=O) groups is 2. The largest absolute Gasteiger partial charge is 0.444 e. The van der Waals surface area contributed by atoms with Crippen LogP contribution in [0.25, 0.3) is 0 Å².